The van der Waals surface area contributed by atoms with E-state index in [1.54, 1.807) is 64.1 Å². The normalized spacial score (nSPS) is 11.3. The molecule has 9 heteroatoms. The quantitative estimate of drug-likeness (QED) is 0.0915. The summed E-state index contributed by atoms with van der Waals surface area (Å²) in [6.07, 6.45) is 3.80. The lowest BCUT2D eigenvalue weighted by atomic mass is 10.1. The second kappa shape index (κ2) is 15.2. The van der Waals surface area contributed by atoms with Crippen LogP contribution in [-0.2, 0) is 6.42 Å². The Labute approximate surface area is 267 Å². The smallest absolute Gasteiger partial charge is 0.203 e. The first-order chi connectivity index (χ1) is 22.0. The lowest BCUT2D eigenvalue weighted by Crippen LogP contribution is -2.04. The van der Waals surface area contributed by atoms with Crippen molar-refractivity contribution in [3.8, 4) is 45.1 Å². The largest absolute Gasteiger partial charge is 0.508 e. The number of hydrogen-bond acceptors (Lipinski definition) is 9. The fourth-order valence-corrected chi connectivity index (χ4v) is 5.77. The van der Waals surface area contributed by atoms with E-state index in [-0.39, 0.29) is 5.76 Å². The van der Waals surface area contributed by atoms with Crippen molar-refractivity contribution in [2.24, 2.45) is 0 Å². The number of allylic oxidation sites excluding steroid dienone is 1. The van der Waals surface area contributed by atoms with Gasteiger partial charge in [0.25, 0.3) is 0 Å². The molecule has 0 aliphatic carbocycles. The van der Waals surface area contributed by atoms with E-state index < -0.39 is 0 Å². The van der Waals surface area contributed by atoms with E-state index in [1.165, 1.54) is 4.70 Å². The molecule has 4 aromatic carbocycles. The van der Waals surface area contributed by atoms with Crippen molar-refractivity contribution >= 4 is 27.3 Å². The van der Waals surface area contributed by atoms with Crippen LogP contribution in [-0.4, -0.2) is 51.7 Å². The standard InChI is InChI=1S/C36H37NO7S/c1-39-30-18-14-26(29(38)17-11-24-21-32(40-2)35(42-4)33(22-24)41-3)23-31(30)44-20-8-7-19-43-27-15-12-25(13-16-27)36-37-28-9-5-6-10-34(28)45-36/h5-6,9-10,12-18,21-23,38H,7-8,11,19-20H2,1-4H3/b29-17-. The average molecular weight is 628 g/mol. The van der Waals surface area contributed by atoms with E-state index in [9.17, 15) is 5.11 Å². The van der Waals surface area contributed by atoms with Crippen molar-refractivity contribution in [1.82, 2.24) is 4.98 Å². The SMILES string of the molecule is COc1ccc(/C(O)=C/Cc2cc(OC)c(OC)c(OC)c2)cc1OCCCCOc1ccc(-c2nc3ccccc3s2)cc1. The Morgan fingerprint density at radius 2 is 1.42 bits per heavy atom. The summed E-state index contributed by atoms with van der Waals surface area (Å²) < 4.78 is 34.9. The predicted octanol–water partition coefficient (Wildman–Crippen LogP) is 8.38. The number of aliphatic hydroxyl groups excluding tert-OH is 1. The van der Waals surface area contributed by atoms with Gasteiger partial charge in [-0.15, -0.1) is 11.3 Å². The minimum absolute atomic E-state index is 0.124. The summed E-state index contributed by atoms with van der Waals surface area (Å²) in [6.45, 7) is 1.06. The molecule has 45 heavy (non-hydrogen) atoms. The predicted molar refractivity (Wildman–Crippen MR) is 179 cm³/mol. The van der Waals surface area contributed by atoms with Crippen LogP contribution in [0.3, 0.4) is 0 Å². The lowest BCUT2D eigenvalue weighted by molar-refractivity contribution is 0.258. The molecule has 0 amide bonds. The fraction of sp³-hybridized carbons (Fsp3) is 0.250. The van der Waals surface area contributed by atoms with E-state index in [0.717, 1.165) is 40.2 Å². The molecule has 1 aromatic heterocycles. The highest BCUT2D eigenvalue weighted by Gasteiger charge is 2.14. The number of ether oxygens (including phenoxy) is 6. The molecule has 0 aliphatic rings. The molecule has 5 aromatic rings. The summed E-state index contributed by atoms with van der Waals surface area (Å²) in [5, 5.41) is 11.8. The second-order valence-electron chi connectivity index (χ2n) is 10.1. The molecular weight excluding hydrogens is 590 g/mol. The molecule has 0 aliphatic heterocycles. The average Bonchev–Trinajstić information content (AvgIpc) is 3.52. The van der Waals surface area contributed by atoms with Gasteiger partial charge in [0.2, 0.25) is 5.75 Å². The molecule has 234 valence electrons. The zero-order valence-electron chi connectivity index (χ0n) is 25.9. The first kappa shape index (κ1) is 31.5. The third kappa shape index (κ3) is 7.80. The maximum absolute atomic E-state index is 10.8. The van der Waals surface area contributed by atoms with Crippen LogP contribution in [0.15, 0.2) is 84.9 Å². The van der Waals surface area contributed by atoms with Gasteiger partial charge in [0, 0.05) is 11.1 Å². The van der Waals surface area contributed by atoms with Gasteiger partial charge in [-0.3, -0.25) is 0 Å². The van der Waals surface area contributed by atoms with Crippen LogP contribution in [0, 0.1) is 0 Å². The number of para-hydroxylation sites is 1. The number of hydrogen-bond donors (Lipinski definition) is 1. The van der Waals surface area contributed by atoms with Crippen LogP contribution in [0.5, 0.6) is 34.5 Å². The number of thiazole rings is 1. The number of nitrogens with zero attached hydrogens (tertiary/aromatic N) is 1. The molecular formula is C36H37NO7S. The number of aliphatic hydroxyl groups is 1. The van der Waals surface area contributed by atoms with Gasteiger partial charge in [-0.25, -0.2) is 4.98 Å². The van der Waals surface area contributed by atoms with Gasteiger partial charge in [0.05, 0.1) is 51.9 Å². The Morgan fingerprint density at radius 3 is 2.09 bits per heavy atom. The molecule has 1 N–H and O–H groups in total. The highest BCUT2D eigenvalue weighted by molar-refractivity contribution is 7.21. The Bertz CT molecular complexity index is 1690. The topological polar surface area (TPSA) is 88.5 Å². The van der Waals surface area contributed by atoms with Gasteiger partial charge in [-0.2, -0.15) is 0 Å². The molecule has 5 rings (SSSR count). The second-order valence-corrected chi connectivity index (χ2v) is 11.1. The molecule has 0 saturated heterocycles. The number of rotatable bonds is 15. The number of benzene rings is 4. The minimum atomic E-state index is 0.124. The fourth-order valence-electron chi connectivity index (χ4n) is 4.80. The Hall–Kier alpha value is -4.89. The van der Waals surface area contributed by atoms with Gasteiger partial charge in [0.15, 0.2) is 23.0 Å². The monoisotopic (exact) mass is 627 g/mol. The van der Waals surface area contributed by atoms with Crippen LogP contribution >= 0.6 is 11.3 Å². The number of unbranched alkanes of at least 4 members (excludes halogenated alkanes) is 1. The maximum Gasteiger partial charge on any atom is 0.203 e. The van der Waals surface area contributed by atoms with Crippen LogP contribution in [0.2, 0.25) is 0 Å². The molecule has 0 spiro atoms. The van der Waals surface area contributed by atoms with E-state index in [4.69, 9.17) is 33.4 Å². The maximum atomic E-state index is 10.8. The van der Waals surface area contributed by atoms with Crippen molar-refractivity contribution in [3.63, 3.8) is 0 Å². The summed E-state index contributed by atoms with van der Waals surface area (Å²) in [4.78, 5) is 4.73. The van der Waals surface area contributed by atoms with E-state index >= 15 is 0 Å². The molecule has 0 bridgehead atoms. The summed E-state index contributed by atoms with van der Waals surface area (Å²) in [5.74, 6) is 3.75. The Kier molecular flexibility index (Phi) is 10.7. The Balaban J connectivity index is 1.11. The van der Waals surface area contributed by atoms with Gasteiger partial charge in [-0.1, -0.05) is 12.1 Å². The third-order valence-electron chi connectivity index (χ3n) is 7.18. The zero-order valence-corrected chi connectivity index (χ0v) is 26.7. The molecule has 0 unspecified atom stereocenters. The minimum Gasteiger partial charge on any atom is -0.508 e. The summed E-state index contributed by atoms with van der Waals surface area (Å²) in [5.41, 5.74) is 3.61. The summed E-state index contributed by atoms with van der Waals surface area (Å²) in [6, 6.07) is 25.3. The van der Waals surface area contributed by atoms with Crippen LogP contribution in [0.4, 0.5) is 0 Å². The molecule has 0 fully saturated rings. The van der Waals surface area contributed by atoms with E-state index in [0.29, 0.717) is 53.9 Å². The molecule has 0 atom stereocenters. The lowest BCUT2D eigenvalue weighted by Gasteiger charge is -2.14. The number of aromatic nitrogens is 1. The van der Waals surface area contributed by atoms with Crippen LogP contribution in [0.1, 0.15) is 24.0 Å². The van der Waals surface area contributed by atoms with E-state index in [2.05, 4.69) is 6.07 Å². The first-order valence-electron chi connectivity index (χ1n) is 14.6. The van der Waals surface area contributed by atoms with Gasteiger partial charge in [0.1, 0.15) is 16.5 Å². The molecule has 0 saturated carbocycles. The third-order valence-corrected chi connectivity index (χ3v) is 8.26. The summed E-state index contributed by atoms with van der Waals surface area (Å²) >= 11 is 1.69. The van der Waals surface area contributed by atoms with Crippen molar-refractivity contribution in [2.45, 2.75) is 19.3 Å². The summed E-state index contributed by atoms with van der Waals surface area (Å²) in [7, 11) is 6.31. The van der Waals surface area contributed by atoms with Crippen molar-refractivity contribution < 1.29 is 33.5 Å². The van der Waals surface area contributed by atoms with Gasteiger partial charge in [-0.05, 0) is 97.6 Å². The van der Waals surface area contributed by atoms with Crippen LogP contribution in [0.25, 0.3) is 26.5 Å². The van der Waals surface area contributed by atoms with Crippen molar-refractivity contribution in [2.75, 3.05) is 41.7 Å². The number of methoxy groups -OCH3 is 4. The van der Waals surface area contributed by atoms with Crippen molar-refractivity contribution in [1.29, 1.82) is 0 Å². The van der Waals surface area contributed by atoms with Gasteiger partial charge < -0.3 is 33.5 Å². The molecule has 1 heterocycles. The van der Waals surface area contributed by atoms with Crippen LogP contribution < -0.4 is 28.4 Å². The van der Waals surface area contributed by atoms with Gasteiger partial charge >= 0.3 is 0 Å². The molecule has 0 radical (unpaired) electrons. The highest BCUT2D eigenvalue weighted by atomic mass is 32.1. The number of fused-ring (bicyclic) bond motifs is 1. The zero-order chi connectivity index (χ0) is 31.6. The Morgan fingerprint density at radius 1 is 0.733 bits per heavy atom. The van der Waals surface area contributed by atoms with Crippen molar-refractivity contribution in [3.05, 3.63) is 96.1 Å². The molecule has 8 nitrogen and oxygen atoms in total. The van der Waals surface area contributed by atoms with E-state index in [1.807, 2.05) is 54.6 Å². The highest BCUT2D eigenvalue weighted by Crippen LogP contribution is 2.39. The first-order valence-corrected chi connectivity index (χ1v) is 15.4.